The van der Waals surface area contributed by atoms with Crippen LogP contribution in [0.25, 0.3) is 11.4 Å². The summed E-state index contributed by atoms with van der Waals surface area (Å²) in [7, 11) is 0. The first-order valence-electron chi connectivity index (χ1n) is 8.89. The maximum Gasteiger partial charge on any atom is 0.230 e. The molecule has 26 heavy (non-hydrogen) atoms. The number of nitrogens with zero attached hydrogens (tertiary/aromatic N) is 3. The molecular weight excluding hydrogens is 353 g/mol. The SMILES string of the molecule is CCCCCC[C@H](C)NC(=O)CSc1nnc(-c2ccc(F)cc2)n1N. The van der Waals surface area contributed by atoms with Crippen LogP contribution in [0.5, 0.6) is 0 Å². The molecule has 2 aromatic rings. The van der Waals surface area contributed by atoms with Gasteiger partial charge in [0, 0.05) is 11.6 Å². The molecule has 0 spiro atoms. The van der Waals surface area contributed by atoms with Crippen LogP contribution >= 0.6 is 11.8 Å². The van der Waals surface area contributed by atoms with Crippen LogP contribution < -0.4 is 11.2 Å². The second-order valence-electron chi connectivity index (χ2n) is 6.29. The lowest BCUT2D eigenvalue weighted by atomic mass is 10.1. The van der Waals surface area contributed by atoms with E-state index in [1.807, 2.05) is 6.92 Å². The average molecular weight is 380 g/mol. The summed E-state index contributed by atoms with van der Waals surface area (Å²) in [6.07, 6.45) is 5.75. The van der Waals surface area contributed by atoms with Crippen LogP contribution in [0.2, 0.25) is 0 Å². The van der Waals surface area contributed by atoms with E-state index in [0.717, 1.165) is 12.8 Å². The molecule has 0 fully saturated rings. The number of carbonyl (C=O) groups is 1. The van der Waals surface area contributed by atoms with Gasteiger partial charge in [-0.25, -0.2) is 9.07 Å². The Bertz CT molecular complexity index is 704. The molecule has 0 unspecified atom stereocenters. The Kier molecular flexibility index (Phi) is 7.90. The van der Waals surface area contributed by atoms with E-state index in [0.29, 0.717) is 16.5 Å². The minimum absolute atomic E-state index is 0.0516. The number of rotatable bonds is 10. The van der Waals surface area contributed by atoms with E-state index < -0.39 is 0 Å². The molecule has 0 saturated carbocycles. The molecule has 0 aliphatic rings. The summed E-state index contributed by atoms with van der Waals surface area (Å²) in [6.45, 7) is 4.20. The van der Waals surface area contributed by atoms with Gasteiger partial charge in [-0.05, 0) is 37.6 Å². The molecule has 1 heterocycles. The van der Waals surface area contributed by atoms with E-state index in [1.165, 1.54) is 47.8 Å². The number of unbranched alkanes of at least 4 members (excludes halogenated alkanes) is 3. The van der Waals surface area contributed by atoms with Gasteiger partial charge in [0.05, 0.1) is 5.75 Å². The number of thioether (sulfide) groups is 1. The van der Waals surface area contributed by atoms with Gasteiger partial charge < -0.3 is 11.2 Å². The highest BCUT2D eigenvalue weighted by Crippen LogP contribution is 2.21. The van der Waals surface area contributed by atoms with Crippen molar-refractivity contribution in [3.8, 4) is 11.4 Å². The number of nitrogens with two attached hydrogens (primary N) is 1. The number of carbonyl (C=O) groups excluding carboxylic acids is 1. The van der Waals surface area contributed by atoms with Crippen molar-refractivity contribution < 1.29 is 9.18 Å². The van der Waals surface area contributed by atoms with Crippen LogP contribution in [-0.4, -0.2) is 32.6 Å². The lowest BCUT2D eigenvalue weighted by molar-refractivity contribution is -0.119. The quantitative estimate of drug-likeness (QED) is 0.375. The number of aromatic nitrogens is 3. The first kappa shape index (κ1) is 20.2. The van der Waals surface area contributed by atoms with Gasteiger partial charge in [0.15, 0.2) is 5.82 Å². The summed E-state index contributed by atoms with van der Waals surface area (Å²) in [5, 5.41) is 11.5. The molecule has 0 bridgehead atoms. The minimum Gasteiger partial charge on any atom is -0.353 e. The number of benzene rings is 1. The third-order valence-corrected chi connectivity index (χ3v) is 4.94. The van der Waals surface area contributed by atoms with Crippen molar-refractivity contribution in [2.24, 2.45) is 0 Å². The molecule has 1 amide bonds. The summed E-state index contributed by atoms with van der Waals surface area (Å²) in [5.74, 6) is 6.27. The molecule has 1 atom stereocenters. The largest absolute Gasteiger partial charge is 0.353 e. The Labute approximate surface area is 157 Å². The molecule has 0 saturated heterocycles. The van der Waals surface area contributed by atoms with Gasteiger partial charge in [-0.3, -0.25) is 4.79 Å². The van der Waals surface area contributed by atoms with Crippen LogP contribution in [0.1, 0.15) is 46.0 Å². The molecular formula is C18H26FN5OS. The van der Waals surface area contributed by atoms with Crippen LogP contribution in [0.4, 0.5) is 4.39 Å². The molecule has 142 valence electrons. The molecule has 2 rings (SSSR count). The van der Waals surface area contributed by atoms with Gasteiger partial charge in [0.2, 0.25) is 11.1 Å². The predicted molar refractivity (Wildman–Crippen MR) is 103 cm³/mol. The number of hydrogen-bond donors (Lipinski definition) is 2. The van der Waals surface area contributed by atoms with E-state index in [9.17, 15) is 9.18 Å². The van der Waals surface area contributed by atoms with Crippen molar-refractivity contribution in [1.29, 1.82) is 0 Å². The van der Waals surface area contributed by atoms with Gasteiger partial charge in [-0.15, -0.1) is 10.2 Å². The minimum atomic E-state index is -0.327. The third-order valence-electron chi connectivity index (χ3n) is 4.00. The van der Waals surface area contributed by atoms with Gasteiger partial charge in [-0.1, -0.05) is 44.4 Å². The van der Waals surface area contributed by atoms with Crippen molar-refractivity contribution in [2.45, 2.75) is 57.1 Å². The Hall–Kier alpha value is -2.09. The van der Waals surface area contributed by atoms with Crippen LogP contribution in [-0.2, 0) is 4.79 Å². The van der Waals surface area contributed by atoms with E-state index in [4.69, 9.17) is 5.84 Å². The highest BCUT2D eigenvalue weighted by atomic mass is 32.2. The van der Waals surface area contributed by atoms with Gasteiger partial charge in [-0.2, -0.15) is 0 Å². The average Bonchev–Trinajstić information content (AvgIpc) is 2.98. The Morgan fingerprint density at radius 3 is 2.69 bits per heavy atom. The lowest BCUT2D eigenvalue weighted by Crippen LogP contribution is -2.33. The van der Waals surface area contributed by atoms with E-state index in [2.05, 4.69) is 22.4 Å². The zero-order valence-corrected chi connectivity index (χ0v) is 16.1. The number of amides is 1. The summed E-state index contributed by atoms with van der Waals surface area (Å²) in [5.41, 5.74) is 0.665. The standard InChI is InChI=1S/C18H26FN5OS/c1-3-4-5-6-7-13(2)21-16(25)12-26-18-23-22-17(24(18)20)14-8-10-15(19)11-9-14/h8-11,13H,3-7,12,20H2,1-2H3,(H,21,25)/t13-/m0/s1. The van der Waals surface area contributed by atoms with Gasteiger partial charge >= 0.3 is 0 Å². The highest BCUT2D eigenvalue weighted by molar-refractivity contribution is 7.99. The molecule has 6 nitrogen and oxygen atoms in total. The summed E-state index contributed by atoms with van der Waals surface area (Å²) >= 11 is 1.23. The summed E-state index contributed by atoms with van der Waals surface area (Å²) < 4.78 is 14.3. The van der Waals surface area contributed by atoms with Crippen molar-refractivity contribution in [2.75, 3.05) is 11.6 Å². The van der Waals surface area contributed by atoms with Crippen LogP contribution in [0.15, 0.2) is 29.4 Å². The van der Waals surface area contributed by atoms with Crippen molar-refractivity contribution in [1.82, 2.24) is 20.2 Å². The highest BCUT2D eigenvalue weighted by Gasteiger charge is 2.14. The predicted octanol–water partition coefficient (Wildman–Crippen LogP) is 3.37. The number of hydrogen-bond acceptors (Lipinski definition) is 5. The first-order chi connectivity index (χ1) is 12.5. The zero-order valence-electron chi connectivity index (χ0n) is 15.2. The third kappa shape index (κ3) is 6.01. The Morgan fingerprint density at radius 2 is 2.00 bits per heavy atom. The molecule has 0 aliphatic heterocycles. The van der Waals surface area contributed by atoms with Crippen LogP contribution in [0.3, 0.4) is 0 Å². The maximum atomic E-state index is 13.0. The second kappa shape index (κ2) is 10.2. The first-order valence-corrected chi connectivity index (χ1v) is 9.88. The molecule has 1 aromatic carbocycles. The number of nitrogen functional groups attached to an aromatic ring is 1. The van der Waals surface area contributed by atoms with Gasteiger partial charge in [0.25, 0.3) is 0 Å². The number of nitrogens with one attached hydrogen (secondary N) is 1. The molecule has 8 heteroatoms. The molecule has 3 N–H and O–H groups in total. The topological polar surface area (TPSA) is 85.8 Å². The Morgan fingerprint density at radius 1 is 1.27 bits per heavy atom. The lowest BCUT2D eigenvalue weighted by Gasteiger charge is -2.13. The monoisotopic (exact) mass is 379 g/mol. The molecule has 1 aromatic heterocycles. The summed E-state index contributed by atoms with van der Waals surface area (Å²) in [4.78, 5) is 12.1. The molecule has 0 aliphatic carbocycles. The zero-order chi connectivity index (χ0) is 18.9. The second-order valence-corrected chi connectivity index (χ2v) is 7.23. The van der Waals surface area contributed by atoms with E-state index >= 15 is 0 Å². The number of halogens is 1. The van der Waals surface area contributed by atoms with Crippen molar-refractivity contribution in [3.63, 3.8) is 0 Å². The van der Waals surface area contributed by atoms with Crippen molar-refractivity contribution >= 4 is 17.7 Å². The maximum absolute atomic E-state index is 13.0. The fraction of sp³-hybridized carbons (Fsp3) is 0.500. The fourth-order valence-corrected chi connectivity index (χ4v) is 3.23. The smallest absolute Gasteiger partial charge is 0.230 e. The van der Waals surface area contributed by atoms with Crippen LogP contribution in [0, 0.1) is 5.82 Å². The van der Waals surface area contributed by atoms with E-state index in [-0.39, 0.29) is 23.5 Å². The normalized spacial score (nSPS) is 12.1. The Balaban J connectivity index is 1.82. The molecule has 0 radical (unpaired) electrons. The van der Waals surface area contributed by atoms with E-state index in [1.54, 1.807) is 12.1 Å². The fourth-order valence-electron chi connectivity index (χ4n) is 2.57. The summed E-state index contributed by atoms with van der Waals surface area (Å²) in [6, 6.07) is 6.01. The van der Waals surface area contributed by atoms with Crippen molar-refractivity contribution in [3.05, 3.63) is 30.1 Å². The van der Waals surface area contributed by atoms with Gasteiger partial charge in [0.1, 0.15) is 5.82 Å².